The number of ether oxygens (including phenoxy) is 2. The summed E-state index contributed by atoms with van der Waals surface area (Å²) >= 11 is 0. The number of nitrogens with zero attached hydrogens (tertiary/aromatic N) is 1. The van der Waals surface area contributed by atoms with Crippen molar-refractivity contribution in [3.8, 4) is 0 Å². The first-order valence-corrected chi connectivity index (χ1v) is 6.19. The highest BCUT2D eigenvalue weighted by Gasteiger charge is 2.24. The van der Waals surface area contributed by atoms with Gasteiger partial charge in [0.15, 0.2) is 0 Å². The summed E-state index contributed by atoms with van der Waals surface area (Å²) in [6.07, 6.45) is 7.56. The van der Waals surface area contributed by atoms with E-state index < -0.39 is 0 Å². The first kappa shape index (κ1) is 11.4. The molecule has 15 heavy (non-hydrogen) atoms. The van der Waals surface area contributed by atoms with E-state index in [-0.39, 0.29) is 0 Å². The molecule has 0 atom stereocenters. The van der Waals surface area contributed by atoms with Crippen LogP contribution in [0.15, 0.2) is 0 Å². The highest BCUT2D eigenvalue weighted by molar-refractivity contribution is 4.81. The highest BCUT2D eigenvalue weighted by atomic mass is 16.5. The molecule has 1 saturated heterocycles. The molecule has 2 fully saturated rings. The minimum Gasteiger partial charge on any atom is -0.381 e. The molecule has 3 heteroatoms. The Morgan fingerprint density at radius 1 is 0.933 bits per heavy atom. The van der Waals surface area contributed by atoms with E-state index in [0.717, 1.165) is 26.1 Å². The van der Waals surface area contributed by atoms with Crippen molar-refractivity contribution in [1.29, 1.82) is 0 Å². The Hall–Kier alpha value is -0.120. The summed E-state index contributed by atoms with van der Waals surface area (Å²) in [6, 6.07) is 1.17. The van der Waals surface area contributed by atoms with E-state index in [2.05, 4.69) is 0 Å². The molecule has 1 radical (unpaired) electrons. The lowest BCUT2D eigenvalue weighted by Crippen LogP contribution is -2.38. The monoisotopic (exact) mass is 212 g/mol. The lowest BCUT2D eigenvalue weighted by Gasteiger charge is -2.31. The lowest BCUT2D eigenvalue weighted by atomic mass is 9.92. The van der Waals surface area contributed by atoms with Crippen molar-refractivity contribution in [3.63, 3.8) is 0 Å². The normalized spacial score (nSPS) is 34.2. The fourth-order valence-electron chi connectivity index (χ4n) is 2.56. The maximum atomic E-state index is 5.37. The zero-order chi connectivity index (χ0) is 10.5. The van der Waals surface area contributed by atoms with Gasteiger partial charge in [0.2, 0.25) is 0 Å². The van der Waals surface area contributed by atoms with Gasteiger partial charge in [-0.1, -0.05) is 0 Å². The third kappa shape index (κ3) is 3.44. The maximum Gasteiger partial charge on any atom is 0.0572 e. The summed E-state index contributed by atoms with van der Waals surface area (Å²) in [6.45, 7) is 1.81. The third-order valence-corrected chi connectivity index (χ3v) is 3.59. The summed E-state index contributed by atoms with van der Waals surface area (Å²) in [7, 11) is 1.82. The Morgan fingerprint density at radius 2 is 1.53 bits per heavy atom. The second kappa shape index (κ2) is 5.83. The van der Waals surface area contributed by atoms with E-state index in [1.165, 1.54) is 25.7 Å². The fraction of sp³-hybridized carbons (Fsp3) is 1.00. The van der Waals surface area contributed by atoms with Crippen LogP contribution in [0.2, 0.25) is 0 Å². The summed E-state index contributed by atoms with van der Waals surface area (Å²) < 4.78 is 10.7. The number of hydrogen-bond donors (Lipinski definition) is 0. The van der Waals surface area contributed by atoms with Crippen LogP contribution in [0.1, 0.15) is 38.5 Å². The Kier molecular flexibility index (Phi) is 4.42. The summed E-state index contributed by atoms with van der Waals surface area (Å²) in [5.74, 6) is 0. The van der Waals surface area contributed by atoms with Gasteiger partial charge in [-0.3, -0.25) is 0 Å². The topological polar surface area (TPSA) is 32.6 Å². The Labute approximate surface area is 92.5 Å². The molecule has 0 aromatic carbocycles. The van der Waals surface area contributed by atoms with Gasteiger partial charge < -0.3 is 9.47 Å². The van der Waals surface area contributed by atoms with Crippen molar-refractivity contribution in [1.82, 2.24) is 5.32 Å². The second-order valence-corrected chi connectivity index (χ2v) is 4.66. The maximum absolute atomic E-state index is 5.37. The van der Waals surface area contributed by atoms with Gasteiger partial charge in [0.1, 0.15) is 0 Å². The van der Waals surface area contributed by atoms with Gasteiger partial charge in [0, 0.05) is 32.4 Å². The van der Waals surface area contributed by atoms with Crippen LogP contribution in [-0.4, -0.2) is 38.5 Å². The number of hydrogen-bond acceptors (Lipinski definition) is 2. The van der Waals surface area contributed by atoms with E-state index in [9.17, 15) is 0 Å². The van der Waals surface area contributed by atoms with Gasteiger partial charge in [-0.15, -0.1) is 0 Å². The molecule has 0 spiro atoms. The van der Waals surface area contributed by atoms with Crippen molar-refractivity contribution in [2.45, 2.75) is 56.7 Å². The second-order valence-electron chi connectivity index (χ2n) is 4.66. The largest absolute Gasteiger partial charge is 0.381 e. The van der Waals surface area contributed by atoms with Crippen molar-refractivity contribution in [3.05, 3.63) is 0 Å². The van der Waals surface area contributed by atoms with Crippen LogP contribution in [0, 0.1) is 0 Å². The van der Waals surface area contributed by atoms with E-state index in [1.807, 2.05) is 7.11 Å². The van der Waals surface area contributed by atoms with Gasteiger partial charge in [0.05, 0.1) is 6.10 Å². The van der Waals surface area contributed by atoms with E-state index in [1.54, 1.807) is 0 Å². The smallest absolute Gasteiger partial charge is 0.0572 e. The van der Waals surface area contributed by atoms with Gasteiger partial charge in [-0.25, -0.2) is 5.32 Å². The zero-order valence-corrected chi connectivity index (χ0v) is 9.65. The first-order valence-electron chi connectivity index (χ1n) is 6.19. The first-order chi connectivity index (χ1) is 7.38. The van der Waals surface area contributed by atoms with Crippen LogP contribution in [0.3, 0.4) is 0 Å². The molecule has 0 aromatic heterocycles. The zero-order valence-electron chi connectivity index (χ0n) is 9.65. The Morgan fingerprint density at radius 3 is 2.13 bits per heavy atom. The van der Waals surface area contributed by atoms with Gasteiger partial charge in [-0.2, -0.15) is 0 Å². The fourth-order valence-corrected chi connectivity index (χ4v) is 2.56. The average molecular weight is 212 g/mol. The molecule has 0 aromatic rings. The summed E-state index contributed by atoms with van der Waals surface area (Å²) in [4.78, 5) is 0. The number of rotatable bonds is 3. The highest BCUT2D eigenvalue weighted by Crippen LogP contribution is 2.23. The quantitative estimate of drug-likeness (QED) is 0.713. The van der Waals surface area contributed by atoms with Gasteiger partial charge in [-0.05, 0) is 38.5 Å². The van der Waals surface area contributed by atoms with Crippen molar-refractivity contribution >= 4 is 0 Å². The van der Waals surface area contributed by atoms with Crippen LogP contribution >= 0.6 is 0 Å². The van der Waals surface area contributed by atoms with E-state index in [4.69, 9.17) is 14.8 Å². The molecular formula is C12H22NO2. The van der Waals surface area contributed by atoms with Crippen molar-refractivity contribution < 1.29 is 9.47 Å². The molecule has 87 valence electrons. The Bertz CT molecular complexity index is 172. The predicted molar refractivity (Wildman–Crippen MR) is 59.0 cm³/mol. The standard InChI is InChI=1S/C12H22NO2/c1-14-12-4-2-10(3-5-12)13-11-6-8-15-9-7-11/h10-12H,2-9H2,1H3/t10-,12-. The Balaban J connectivity index is 1.67. The molecular weight excluding hydrogens is 190 g/mol. The van der Waals surface area contributed by atoms with Crippen LogP contribution in [0.5, 0.6) is 0 Å². The SMILES string of the molecule is CO[C@H]1CC[C@H]([N]C2CCOCC2)CC1. The third-order valence-electron chi connectivity index (χ3n) is 3.59. The van der Waals surface area contributed by atoms with Gasteiger partial charge in [0.25, 0.3) is 0 Å². The molecule has 1 heterocycles. The predicted octanol–water partition coefficient (Wildman–Crippen LogP) is 1.73. The van der Waals surface area contributed by atoms with E-state index >= 15 is 0 Å². The molecule has 0 bridgehead atoms. The minimum atomic E-state index is 0.492. The molecule has 2 aliphatic rings. The summed E-state index contributed by atoms with van der Waals surface area (Å²) in [5.41, 5.74) is 0. The molecule has 2 rings (SSSR count). The van der Waals surface area contributed by atoms with Crippen LogP contribution in [0.4, 0.5) is 0 Å². The minimum absolute atomic E-state index is 0.492. The van der Waals surface area contributed by atoms with Crippen LogP contribution in [0.25, 0.3) is 0 Å². The van der Waals surface area contributed by atoms with Crippen molar-refractivity contribution in [2.75, 3.05) is 20.3 Å². The number of methoxy groups -OCH3 is 1. The van der Waals surface area contributed by atoms with Crippen molar-refractivity contribution in [2.24, 2.45) is 0 Å². The summed E-state index contributed by atoms with van der Waals surface area (Å²) in [5, 5.41) is 4.93. The molecule has 0 unspecified atom stereocenters. The molecule has 0 amide bonds. The molecule has 1 aliphatic carbocycles. The molecule has 1 aliphatic heterocycles. The molecule has 0 N–H and O–H groups in total. The van der Waals surface area contributed by atoms with Gasteiger partial charge >= 0.3 is 0 Å². The lowest BCUT2D eigenvalue weighted by molar-refractivity contribution is 0.0487. The van der Waals surface area contributed by atoms with Crippen LogP contribution in [-0.2, 0) is 9.47 Å². The van der Waals surface area contributed by atoms with E-state index in [0.29, 0.717) is 18.2 Å². The molecule has 1 saturated carbocycles. The molecule has 3 nitrogen and oxygen atoms in total. The average Bonchev–Trinajstić information content (AvgIpc) is 2.31. The van der Waals surface area contributed by atoms with Crippen LogP contribution < -0.4 is 5.32 Å².